The highest BCUT2D eigenvalue weighted by atomic mass is 16.7. The third kappa shape index (κ3) is 4.40. The molecule has 7 nitrogen and oxygen atoms in total. The van der Waals surface area contributed by atoms with Crippen molar-refractivity contribution in [2.75, 3.05) is 19.2 Å². The normalized spacial score (nSPS) is 11.8. The average molecular weight is 391 g/mol. The number of pyridine rings is 1. The van der Waals surface area contributed by atoms with Crippen LogP contribution in [-0.4, -0.2) is 24.8 Å². The van der Waals surface area contributed by atoms with Gasteiger partial charge in [0.15, 0.2) is 11.5 Å². The van der Waals surface area contributed by atoms with E-state index >= 15 is 0 Å². The van der Waals surface area contributed by atoms with Crippen LogP contribution in [0, 0.1) is 0 Å². The summed E-state index contributed by atoms with van der Waals surface area (Å²) >= 11 is 0. The Balaban J connectivity index is 1.37. The molecule has 29 heavy (non-hydrogen) atoms. The maximum atomic E-state index is 12.5. The molecule has 0 atom stereocenters. The van der Waals surface area contributed by atoms with Crippen LogP contribution in [0.1, 0.15) is 21.5 Å². The number of benzene rings is 2. The Labute approximate surface area is 168 Å². The largest absolute Gasteiger partial charge is 0.496 e. The van der Waals surface area contributed by atoms with E-state index in [4.69, 9.17) is 14.2 Å². The van der Waals surface area contributed by atoms with Gasteiger partial charge >= 0.3 is 0 Å². The van der Waals surface area contributed by atoms with Gasteiger partial charge in [-0.15, -0.1) is 0 Å². The van der Waals surface area contributed by atoms with E-state index in [0.717, 1.165) is 28.3 Å². The number of aromatic nitrogens is 1. The lowest BCUT2D eigenvalue weighted by Gasteiger charge is -2.11. The van der Waals surface area contributed by atoms with Gasteiger partial charge in [-0.1, -0.05) is 24.3 Å². The quantitative estimate of drug-likeness (QED) is 0.643. The van der Waals surface area contributed by atoms with Gasteiger partial charge in [-0.2, -0.15) is 0 Å². The average Bonchev–Trinajstić information content (AvgIpc) is 3.24. The zero-order chi connectivity index (χ0) is 20.1. The second-order valence-corrected chi connectivity index (χ2v) is 6.50. The first kappa shape index (κ1) is 18.6. The Morgan fingerprint density at radius 2 is 1.93 bits per heavy atom. The molecule has 0 saturated heterocycles. The highest BCUT2D eigenvalue weighted by Gasteiger charge is 2.14. The Morgan fingerprint density at radius 3 is 2.83 bits per heavy atom. The molecule has 148 valence electrons. The van der Waals surface area contributed by atoms with Gasteiger partial charge in [0.1, 0.15) is 5.75 Å². The minimum atomic E-state index is -0.198. The number of anilines is 1. The molecule has 1 aromatic heterocycles. The first-order chi connectivity index (χ1) is 14.2. The third-order valence-electron chi connectivity index (χ3n) is 4.57. The molecular weight excluding hydrogens is 370 g/mol. The van der Waals surface area contributed by atoms with Gasteiger partial charge in [-0.3, -0.25) is 9.78 Å². The number of carbonyl (C=O) groups excluding carboxylic acids is 1. The van der Waals surface area contributed by atoms with Crippen molar-refractivity contribution in [2.24, 2.45) is 0 Å². The van der Waals surface area contributed by atoms with Crippen LogP contribution in [0.2, 0.25) is 0 Å². The SMILES string of the molecule is COc1ccccc1CNc1cncc(C(=O)NCc2ccc3c(c2)OCO3)c1. The van der Waals surface area contributed by atoms with E-state index in [1.165, 1.54) is 0 Å². The lowest BCUT2D eigenvalue weighted by molar-refractivity contribution is 0.0950. The van der Waals surface area contributed by atoms with Crippen molar-refractivity contribution >= 4 is 11.6 Å². The Morgan fingerprint density at radius 1 is 1.07 bits per heavy atom. The van der Waals surface area contributed by atoms with Crippen LogP contribution in [0.3, 0.4) is 0 Å². The van der Waals surface area contributed by atoms with Crippen LogP contribution >= 0.6 is 0 Å². The maximum Gasteiger partial charge on any atom is 0.253 e. The first-order valence-electron chi connectivity index (χ1n) is 9.20. The van der Waals surface area contributed by atoms with Crippen molar-refractivity contribution in [1.82, 2.24) is 10.3 Å². The van der Waals surface area contributed by atoms with Crippen LogP contribution in [0.5, 0.6) is 17.2 Å². The minimum absolute atomic E-state index is 0.198. The second-order valence-electron chi connectivity index (χ2n) is 6.50. The van der Waals surface area contributed by atoms with Gasteiger partial charge < -0.3 is 24.8 Å². The summed E-state index contributed by atoms with van der Waals surface area (Å²) in [4.78, 5) is 16.7. The number of amides is 1. The summed E-state index contributed by atoms with van der Waals surface area (Å²) in [5.74, 6) is 2.03. The standard InChI is InChI=1S/C22H21N3O4/c1-27-19-5-3-2-4-16(19)12-24-18-9-17(11-23-13-18)22(26)25-10-15-6-7-20-21(8-15)29-14-28-20/h2-9,11,13,24H,10,12,14H2,1H3,(H,25,26). The maximum absolute atomic E-state index is 12.5. The van der Waals surface area contributed by atoms with Crippen molar-refractivity contribution in [3.05, 3.63) is 77.6 Å². The van der Waals surface area contributed by atoms with Crippen molar-refractivity contribution in [2.45, 2.75) is 13.1 Å². The minimum Gasteiger partial charge on any atom is -0.496 e. The fourth-order valence-corrected chi connectivity index (χ4v) is 3.04. The van der Waals surface area contributed by atoms with E-state index in [1.54, 1.807) is 25.6 Å². The fourth-order valence-electron chi connectivity index (χ4n) is 3.04. The van der Waals surface area contributed by atoms with Crippen LogP contribution in [0.15, 0.2) is 60.9 Å². The van der Waals surface area contributed by atoms with Gasteiger partial charge in [-0.05, 0) is 29.8 Å². The van der Waals surface area contributed by atoms with E-state index in [2.05, 4.69) is 15.6 Å². The van der Waals surface area contributed by atoms with Gasteiger partial charge in [0.2, 0.25) is 6.79 Å². The van der Waals surface area contributed by atoms with E-state index in [9.17, 15) is 4.79 Å². The summed E-state index contributed by atoms with van der Waals surface area (Å²) in [7, 11) is 1.64. The van der Waals surface area contributed by atoms with Gasteiger partial charge in [0.05, 0.1) is 18.4 Å². The van der Waals surface area contributed by atoms with Crippen molar-refractivity contribution in [1.29, 1.82) is 0 Å². The summed E-state index contributed by atoms with van der Waals surface area (Å²) in [5.41, 5.74) is 3.19. The molecule has 2 heterocycles. The molecule has 0 bridgehead atoms. The predicted octanol–water partition coefficient (Wildman–Crippen LogP) is 3.36. The van der Waals surface area contributed by atoms with Crippen molar-refractivity contribution < 1.29 is 19.0 Å². The number of hydrogen-bond acceptors (Lipinski definition) is 6. The van der Waals surface area contributed by atoms with Gasteiger partial charge in [0.25, 0.3) is 5.91 Å². The molecule has 0 radical (unpaired) electrons. The lowest BCUT2D eigenvalue weighted by Crippen LogP contribution is -2.23. The highest BCUT2D eigenvalue weighted by molar-refractivity contribution is 5.94. The molecule has 2 N–H and O–H groups in total. The summed E-state index contributed by atoms with van der Waals surface area (Å²) in [5, 5.41) is 6.18. The Bertz CT molecular complexity index is 1020. The molecule has 4 rings (SSSR count). The monoisotopic (exact) mass is 391 g/mol. The fraction of sp³-hybridized carbons (Fsp3) is 0.182. The molecule has 0 unspecified atom stereocenters. The molecule has 2 aromatic carbocycles. The van der Waals surface area contributed by atoms with Crippen LogP contribution in [0.25, 0.3) is 0 Å². The summed E-state index contributed by atoms with van der Waals surface area (Å²) in [6.07, 6.45) is 3.23. The number of para-hydroxylation sites is 1. The summed E-state index contributed by atoms with van der Waals surface area (Å²) < 4.78 is 16.0. The number of nitrogens with one attached hydrogen (secondary N) is 2. The number of carbonyl (C=O) groups is 1. The van der Waals surface area contributed by atoms with Crippen molar-refractivity contribution in [3.63, 3.8) is 0 Å². The zero-order valence-corrected chi connectivity index (χ0v) is 16.0. The number of hydrogen-bond donors (Lipinski definition) is 2. The molecule has 1 aliphatic rings. The molecular formula is C22H21N3O4. The molecule has 0 spiro atoms. The van der Waals surface area contributed by atoms with Crippen LogP contribution < -0.4 is 24.8 Å². The van der Waals surface area contributed by atoms with Gasteiger partial charge in [0, 0.05) is 31.0 Å². The molecule has 7 heteroatoms. The lowest BCUT2D eigenvalue weighted by atomic mass is 10.2. The Kier molecular flexibility index (Phi) is 5.47. The molecule has 0 fully saturated rings. The highest BCUT2D eigenvalue weighted by Crippen LogP contribution is 2.32. The number of fused-ring (bicyclic) bond motifs is 1. The van der Waals surface area contributed by atoms with E-state index in [0.29, 0.717) is 24.4 Å². The summed E-state index contributed by atoms with van der Waals surface area (Å²) in [6, 6.07) is 15.2. The van der Waals surface area contributed by atoms with E-state index in [1.807, 2.05) is 42.5 Å². The van der Waals surface area contributed by atoms with E-state index < -0.39 is 0 Å². The number of methoxy groups -OCH3 is 1. The number of rotatable bonds is 7. The predicted molar refractivity (Wildman–Crippen MR) is 108 cm³/mol. The molecule has 1 aliphatic heterocycles. The van der Waals surface area contributed by atoms with Crippen LogP contribution in [-0.2, 0) is 13.1 Å². The van der Waals surface area contributed by atoms with Crippen LogP contribution in [0.4, 0.5) is 5.69 Å². The topological polar surface area (TPSA) is 81.7 Å². The van der Waals surface area contributed by atoms with E-state index in [-0.39, 0.29) is 12.7 Å². The first-order valence-corrected chi connectivity index (χ1v) is 9.20. The molecule has 1 amide bonds. The second kappa shape index (κ2) is 8.52. The number of nitrogens with zero attached hydrogens (tertiary/aromatic N) is 1. The number of ether oxygens (including phenoxy) is 3. The van der Waals surface area contributed by atoms with Gasteiger partial charge in [-0.25, -0.2) is 0 Å². The smallest absolute Gasteiger partial charge is 0.253 e. The molecule has 3 aromatic rings. The Hall–Kier alpha value is -3.74. The molecule has 0 aliphatic carbocycles. The third-order valence-corrected chi connectivity index (χ3v) is 4.57. The summed E-state index contributed by atoms with van der Waals surface area (Å²) in [6.45, 7) is 1.17. The zero-order valence-electron chi connectivity index (χ0n) is 16.0. The van der Waals surface area contributed by atoms with Crippen molar-refractivity contribution in [3.8, 4) is 17.2 Å². The molecule has 0 saturated carbocycles.